The number of nitrogens with zero attached hydrogens (tertiary/aromatic N) is 1. The number of carbonyl (C=O) groups is 2. The molecule has 1 aromatic rings. The van der Waals surface area contributed by atoms with Gasteiger partial charge in [-0.05, 0) is 38.0 Å². The molecule has 1 aromatic carbocycles. The van der Waals surface area contributed by atoms with Crippen molar-refractivity contribution in [2.75, 3.05) is 13.1 Å². The van der Waals surface area contributed by atoms with Gasteiger partial charge in [0.05, 0.1) is 16.6 Å². The number of aliphatic carboxylic acids is 1. The topological polar surface area (TPSA) is 91.8 Å². The Kier molecular flexibility index (Phi) is 6.75. The highest BCUT2D eigenvalue weighted by atomic mass is 32.2. The first-order valence-corrected chi connectivity index (χ1v) is 9.05. The number of benzene rings is 1. The van der Waals surface area contributed by atoms with Gasteiger partial charge in [0.15, 0.2) is 9.84 Å². The minimum atomic E-state index is -3.34. The van der Waals surface area contributed by atoms with Crippen LogP contribution >= 0.6 is 0 Å². The molecule has 0 aliphatic rings. The molecule has 0 unspecified atom stereocenters. The van der Waals surface area contributed by atoms with Crippen LogP contribution in [-0.2, 0) is 25.8 Å². The number of amides is 1. The molecular weight excluding hydrogens is 318 g/mol. The van der Waals surface area contributed by atoms with Crippen molar-refractivity contribution < 1.29 is 23.1 Å². The van der Waals surface area contributed by atoms with Gasteiger partial charge >= 0.3 is 5.97 Å². The van der Waals surface area contributed by atoms with Crippen molar-refractivity contribution in [3.05, 3.63) is 29.8 Å². The quantitative estimate of drug-likeness (QED) is 0.777. The molecule has 23 heavy (non-hydrogen) atoms. The highest BCUT2D eigenvalue weighted by molar-refractivity contribution is 7.92. The second-order valence-corrected chi connectivity index (χ2v) is 8.13. The number of sulfone groups is 1. The van der Waals surface area contributed by atoms with Crippen molar-refractivity contribution in [3.63, 3.8) is 0 Å². The van der Waals surface area contributed by atoms with Crippen LogP contribution in [0.3, 0.4) is 0 Å². The van der Waals surface area contributed by atoms with Gasteiger partial charge in [0.1, 0.15) is 6.54 Å². The zero-order valence-electron chi connectivity index (χ0n) is 13.7. The molecule has 1 rings (SSSR count). The molecule has 0 atom stereocenters. The van der Waals surface area contributed by atoms with Crippen LogP contribution in [0.1, 0.15) is 32.8 Å². The van der Waals surface area contributed by atoms with Crippen molar-refractivity contribution >= 4 is 21.7 Å². The zero-order valence-corrected chi connectivity index (χ0v) is 14.5. The van der Waals surface area contributed by atoms with Gasteiger partial charge in [0.25, 0.3) is 0 Å². The molecule has 1 N–H and O–H groups in total. The lowest BCUT2D eigenvalue weighted by Crippen LogP contribution is -2.37. The predicted molar refractivity (Wildman–Crippen MR) is 87.0 cm³/mol. The minimum absolute atomic E-state index is 0.0509. The average Bonchev–Trinajstić information content (AvgIpc) is 2.46. The van der Waals surface area contributed by atoms with E-state index in [9.17, 15) is 18.0 Å². The molecule has 6 nitrogen and oxygen atoms in total. The van der Waals surface area contributed by atoms with E-state index in [0.29, 0.717) is 18.5 Å². The third kappa shape index (κ3) is 5.35. The number of hydrogen-bond acceptors (Lipinski definition) is 4. The Labute approximate surface area is 137 Å². The predicted octanol–water partition coefficient (Wildman–Crippen LogP) is 1.73. The lowest BCUT2D eigenvalue weighted by molar-refractivity contribution is -0.144. The molecule has 0 heterocycles. The first-order valence-electron chi connectivity index (χ1n) is 7.50. The first kappa shape index (κ1) is 19.2. The van der Waals surface area contributed by atoms with Gasteiger partial charge in [-0.2, -0.15) is 0 Å². The largest absolute Gasteiger partial charge is 0.480 e. The highest BCUT2D eigenvalue weighted by Crippen LogP contribution is 2.17. The van der Waals surface area contributed by atoms with Crippen LogP contribution in [0.5, 0.6) is 0 Å². The van der Waals surface area contributed by atoms with Gasteiger partial charge in [-0.1, -0.05) is 19.1 Å². The van der Waals surface area contributed by atoms with Crippen molar-refractivity contribution in [1.82, 2.24) is 4.90 Å². The van der Waals surface area contributed by atoms with E-state index in [1.165, 1.54) is 17.0 Å². The summed E-state index contributed by atoms with van der Waals surface area (Å²) in [4.78, 5) is 24.5. The van der Waals surface area contributed by atoms with Gasteiger partial charge in [-0.15, -0.1) is 0 Å². The number of hydrogen-bond donors (Lipinski definition) is 1. The molecule has 0 saturated carbocycles. The average molecular weight is 341 g/mol. The number of carboxylic acids is 1. The van der Waals surface area contributed by atoms with Gasteiger partial charge in [0, 0.05) is 6.54 Å². The number of rotatable bonds is 8. The van der Waals surface area contributed by atoms with Gasteiger partial charge in [-0.25, -0.2) is 8.42 Å². The molecule has 0 fully saturated rings. The van der Waals surface area contributed by atoms with Gasteiger partial charge in [-0.3, -0.25) is 9.59 Å². The summed E-state index contributed by atoms with van der Waals surface area (Å²) in [6, 6.07) is 6.16. The Bertz CT molecular complexity index is 650. The summed E-state index contributed by atoms with van der Waals surface area (Å²) in [5.41, 5.74) is 0.657. The van der Waals surface area contributed by atoms with Crippen molar-refractivity contribution in [2.45, 2.75) is 43.8 Å². The molecule has 0 aromatic heterocycles. The van der Waals surface area contributed by atoms with E-state index >= 15 is 0 Å². The van der Waals surface area contributed by atoms with Crippen molar-refractivity contribution in [1.29, 1.82) is 0 Å². The maximum atomic E-state index is 12.2. The standard InChI is InChI=1S/C16H23NO5S/c1-4-9-17(11-16(19)20)15(18)10-13-5-7-14(8-6-13)23(21,22)12(2)3/h5-8,12H,4,9-11H2,1-3H3,(H,19,20). The second-order valence-electron chi connectivity index (χ2n) is 5.62. The summed E-state index contributed by atoms with van der Waals surface area (Å²) >= 11 is 0. The summed E-state index contributed by atoms with van der Waals surface area (Å²) in [6.07, 6.45) is 0.722. The third-order valence-corrected chi connectivity index (χ3v) is 5.57. The van der Waals surface area contributed by atoms with Crippen molar-refractivity contribution in [2.24, 2.45) is 0 Å². The van der Waals surface area contributed by atoms with E-state index in [1.807, 2.05) is 6.92 Å². The third-order valence-electron chi connectivity index (χ3n) is 3.40. The molecule has 0 bridgehead atoms. The maximum Gasteiger partial charge on any atom is 0.323 e. The highest BCUT2D eigenvalue weighted by Gasteiger charge is 2.20. The summed E-state index contributed by atoms with van der Waals surface area (Å²) in [7, 11) is -3.34. The molecule has 128 valence electrons. The monoisotopic (exact) mass is 341 g/mol. The van der Waals surface area contributed by atoms with Crippen LogP contribution in [-0.4, -0.2) is 48.6 Å². The number of carbonyl (C=O) groups excluding carboxylic acids is 1. The fourth-order valence-corrected chi connectivity index (χ4v) is 3.14. The van der Waals surface area contributed by atoms with Crippen LogP contribution in [0.2, 0.25) is 0 Å². The summed E-state index contributed by atoms with van der Waals surface area (Å²) in [5.74, 6) is -1.33. The Morgan fingerprint density at radius 3 is 2.17 bits per heavy atom. The fraction of sp³-hybridized carbons (Fsp3) is 0.500. The second kappa shape index (κ2) is 8.10. The SMILES string of the molecule is CCCN(CC(=O)O)C(=O)Cc1ccc(S(=O)(=O)C(C)C)cc1. The maximum absolute atomic E-state index is 12.2. The van der Waals surface area contributed by atoms with Crippen LogP contribution in [0.25, 0.3) is 0 Å². The lowest BCUT2D eigenvalue weighted by atomic mass is 10.1. The molecule has 0 saturated heterocycles. The summed E-state index contributed by atoms with van der Waals surface area (Å²) in [6.45, 7) is 5.15. The smallest absolute Gasteiger partial charge is 0.323 e. The van der Waals surface area contributed by atoms with Crippen molar-refractivity contribution in [3.8, 4) is 0 Å². The first-order chi connectivity index (χ1) is 10.7. The van der Waals surface area contributed by atoms with E-state index in [-0.39, 0.29) is 23.8 Å². The van der Waals surface area contributed by atoms with E-state index in [1.54, 1.807) is 26.0 Å². The molecule has 0 aliphatic carbocycles. The zero-order chi connectivity index (χ0) is 17.6. The van der Waals surface area contributed by atoms with Gasteiger partial charge < -0.3 is 10.0 Å². The Morgan fingerprint density at radius 2 is 1.74 bits per heavy atom. The molecule has 0 spiro atoms. The van der Waals surface area contributed by atoms with Crippen LogP contribution in [0.15, 0.2) is 29.2 Å². The normalized spacial score (nSPS) is 11.5. The van der Waals surface area contributed by atoms with E-state index in [2.05, 4.69) is 0 Å². The van der Waals surface area contributed by atoms with Crippen LogP contribution < -0.4 is 0 Å². The van der Waals surface area contributed by atoms with Gasteiger partial charge in [0.2, 0.25) is 5.91 Å². The molecule has 0 radical (unpaired) electrons. The Balaban J connectivity index is 2.85. The molecule has 7 heteroatoms. The summed E-state index contributed by atoms with van der Waals surface area (Å²) < 4.78 is 24.1. The van der Waals surface area contributed by atoms with Crippen LogP contribution in [0.4, 0.5) is 0 Å². The van der Waals surface area contributed by atoms with E-state index in [0.717, 1.165) is 0 Å². The number of carboxylic acid groups (broad SMARTS) is 1. The summed E-state index contributed by atoms with van der Waals surface area (Å²) in [5, 5.41) is 8.33. The molecule has 1 amide bonds. The van der Waals surface area contributed by atoms with E-state index < -0.39 is 21.1 Å². The van der Waals surface area contributed by atoms with Crippen LogP contribution in [0, 0.1) is 0 Å². The lowest BCUT2D eigenvalue weighted by Gasteiger charge is -2.20. The minimum Gasteiger partial charge on any atom is -0.480 e. The Morgan fingerprint density at radius 1 is 1.17 bits per heavy atom. The fourth-order valence-electron chi connectivity index (χ4n) is 2.08. The van der Waals surface area contributed by atoms with E-state index in [4.69, 9.17) is 5.11 Å². The molecule has 0 aliphatic heterocycles. The molecular formula is C16H23NO5S. The Hall–Kier alpha value is -1.89.